The lowest BCUT2D eigenvalue weighted by atomic mass is 10.1. The summed E-state index contributed by atoms with van der Waals surface area (Å²) in [6, 6.07) is 9.48. The van der Waals surface area contributed by atoms with Gasteiger partial charge in [0.25, 0.3) is 0 Å². The second-order valence-electron chi connectivity index (χ2n) is 4.41. The largest absolute Gasteiger partial charge is 0.489 e. The van der Waals surface area contributed by atoms with Crippen LogP contribution in [0.15, 0.2) is 47.9 Å². The van der Waals surface area contributed by atoms with Gasteiger partial charge in [-0.1, -0.05) is 28.9 Å². The van der Waals surface area contributed by atoms with E-state index in [1.807, 2.05) is 30.3 Å². The number of pyridine rings is 1. The maximum Gasteiger partial charge on any atom is 0.119 e. The Morgan fingerprint density at radius 1 is 1.30 bits per heavy atom. The minimum Gasteiger partial charge on any atom is -0.489 e. The van der Waals surface area contributed by atoms with Crippen molar-refractivity contribution in [1.82, 2.24) is 4.98 Å². The van der Waals surface area contributed by atoms with Crippen molar-refractivity contribution >= 4 is 17.3 Å². The van der Waals surface area contributed by atoms with Gasteiger partial charge in [-0.2, -0.15) is 0 Å². The quantitative estimate of drug-likeness (QED) is 0.519. The summed E-state index contributed by atoms with van der Waals surface area (Å²) >= 11 is 6.01. The van der Waals surface area contributed by atoms with E-state index >= 15 is 0 Å². The van der Waals surface area contributed by atoms with Crippen molar-refractivity contribution in [3.63, 3.8) is 0 Å². The van der Waals surface area contributed by atoms with Gasteiger partial charge in [0.2, 0.25) is 0 Å². The molecule has 1 N–H and O–H groups in total. The van der Waals surface area contributed by atoms with Crippen molar-refractivity contribution < 1.29 is 9.94 Å². The fraction of sp³-hybridized carbons (Fsp3) is 0.200. The van der Waals surface area contributed by atoms with Crippen LogP contribution < -0.4 is 4.74 Å². The van der Waals surface area contributed by atoms with Gasteiger partial charge in [-0.25, -0.2) is 0 Å². The molecular weight excluding hydrogens is 276 g/mol. The van der Waals surface area contributed by atoms with E-state index in [4.69, 9.17) is 21.5 Å². The topological polar surface area (TPSA) is 54.7 Å². The number of benzene rings is 1. The Balaban J connectivity index is 1.96. The lowest BCUT2D eigenvalue weighted by Gasteiger charge is -2.08. The molecule has 0 aliphatic carbocycles. The van der Waals surface area contributed by atoms with Crippen LogP contribution in [-0.4, -0.2) is 15.9 Å². The van der Waals surface area contributed by atoms with Crippen molar-refractivity contribution in [3.8, 4) is 5.75 Å². The number of hydrogen-bond acceptors (Lipinski definition) is 4. The number of hydrogen-bond donors (Lipinski definition) is 1. The third-order valence-electron chi connectivity index (χ3n) is 2.80. The molecule has 1 aromatic heterocycles. The van der Waals surface area contributed by atoms with Crippen molar-refractivity contribution in [2.45, 2.75) is 20.0 Å². The van der Waals surface area contributed by atoms with Crippen LogP contribution in [0, 0.1) is 0 Å². The summed E-state index contributed by atoms with van der Waals surface area (Å²) in [6.45, 7) is 2.17. The van der Waals surface area contributed by atoms with E-state index in [-0.39, 0.29) is 0 Å². The molecule has 1 aromatic carbocycles. The normalized spacial score (nSPS) is 11.4. The van der Waals surface area contributed by atoms with Crippen LogP contribution >= 0.6 is 11.6 Å². The van der Waals surface area contributed by atoms with Crippen LogP contribution in [0.1, 0.15) is 18.1 Å². The fourth-order valence-corrected chi connectivity index (χ4v) is 1.89. The third-order valence-corrected chi connectivity index (χ3v) is 3.15. The Morgan fingerprint density at radius 3 is 2.70 bits per heavy atom. The highest BCUT2D eigenvalue weighted by molar-refractivity contribution is 6.31. The summed E-state index contributed by atoms with van der Waals surface area (Å²) in [5.74, 6) is 0.764. The smallest absolute Gasteiger partial charge is 0.119 e. The standard InChI is InChI=1S/C15H15ClN2O2/c1-11(18-19)8-12-2-4-14(5-3-12)20-10-13-6-7-17-9-15(13)16/h2-7,9,19H,8,10H2,1H3/b18-11-. The van der Waals surface area contributed by atoms with Crippen LogP contribution in [0.4, 0.5) is 0 Å². The number of nitrogens with zero attached hydrogens (tertiary/aromatic N) is 2. The molecule has 0 aliphatic heterocycles. The molecule has 0 unspecified atom stereocenters. The highest BCUT2D eigenvalue weighted by atomic mass is 35.5. The number of rotatable bonds is 5. The third kappa shape index (κ3) is 3.96. The number of halogens is 1. The van der Waals surface area contributed by atoms with E-state index in [2.05, 4.69) is 10.1 Å². The molecule has 0 bridgehead atoms. The van der Waals surface area contributed by atoms with Gasteiger partial charge in [0.1, 0.15) is 12.4 Å². The summed E-state index contributed by atoms with van der Waals surface area (Å²) < 4.78 is 5.67. The predicted octanol–water partition coefficient (Wildman–Crippen LogP) is 3.71. The first-order chi connectivity index (χ1) is 9.69. The predicted molar refractivity (Wildman–Crippen MR) is 78.6 cm³/mol. The SMILES string of the molecule is C/C(Cc1ccc(OCc2ccncc2Cl)cc1)=N/O. The zero-order valence-corrected chi connectivity index (χ0v) is 11.8. The maximum atomic E-state index is 8.63. The van der Waals surface area contributed by atoms with Crippen molar-refractivity contribution in [1.29, 1.82) is 0 Å². The molecule has 0 radical (unpaired) electrons. The molecule has 5 heteroatoms. The Hall–Kier alpha value is -2.07. The second-order valence-corrected chi connectivity index (χ2v) is 4.82. The summed E-state index contributed by atoms with van der Waals surface area (Å²) in [5.41, 5.74) is 2.63. The zero-order chi connectivity index (χ0) is 14.4. The van der Waals surface area contributed by atoms with E-state index in [1.54, 1.807) is 19.3 Å². The molecule has 0 fully saturated rings. The number of ether oxygens (including phenoxy) is 1. The molecule has 4 nitrogen and oxygen atoms in total. The Labute approximate surface area is 122 Å². The molecule has 0 aliphatic rings. The molecule has 0 spiro atoms. The van der Waals surface area contributed by atoms with E-state index in [1.165, 1.54) is 0 Å². The lowest BCUT2D eigenvalue weighted by Crippen LogP contribution is -1.99. The minimum absolute atomic E-state index is 0.401. The zero-order valence-electron chi connectivity index (χ0n) is 11.1. The summed E-state index contributed by atoms with van der Waals surface area (Å²) in [6.07, 6.45) is 3.90. The molecule has 20 heavy (non-hydrogen) atoms. The van der Waals surface area contributed by atoms with Gasteiger partial charge >= 0.3 is 0 Å². The minimum atomic E-state index is 0.401. The van der Waals surface area contributed by atoms with Crippen LogP contribution in [0.2, 0.25) is 5.02 Å². The average Bonchev–Trinajstić information content (AvgIpc) is 2.48. The molecule has 0 amide bonds. The molecule has 2 rings (SSSR count). The van der Waals surface area contributed by atoms with Crippen molar-refractivity contribution in [2.75, 3.05) is 0 Å². The monoisotopic (exact) mass is 290 g/mol. The second kappa shape index (κ2) is 6.91. The van der Waals surface area contributed by atoms with E-state index in [9.17, 15) is 0 Å². The first kappa shape index (κ1) is 14.3. The summed E-state index contributed by atoms with van der Waals surface area (Å²) in [4.78, 5) is 3.93. The van der Waals surface area contributed by atoms with Gasteiger partial charge in [-0.05, 0) is 30.7 Å². The first-order valence-corrected chi connectivity index (χ1v) is 6.54. The van der Waals surface area contributed by atoms with Crippen LogP contribution in [-0.2, 0) is 13.0 Å². The summed E-state index contributed by atoms with van der Waals surface area (Å²) in [5, 5.41) is 12.4. The lowest BCUT2D eigenvalue weighted by molar-refractivity contribution is 0.306. The van der Waals surface area contributed by atoms with Crippen molar-refractivity contribution in [3.05, 3.63) is 58.9 Å². The van der Waals surface area contributed by atoms with Gasteiger partial charge in [-0.15, -0.1) is 0 Å². The average molecular weight is 291 g/mol. The first-order valence-electron chi connectivity index (χ1n) is 6.16. The van der Waals surface area contributed by atoms with Crippen molar-refractivity contribution in [2.24, 2.45) is 5.16 Å². The Kier molecular flexibility index (Phi) is 4.96. The Morgan fingerprint density at radius 2 is 2.05 bits per heavy atom. The van der Waals surface area contributed by atoms with Crippen LogP contribution in [0.3, 0.4) is 0 Å². The fourth-order valence-electron chi connectivity index (χ4n) is 1.72. The van der Waals surface area contributed by atoms with Crippen LogP contribution in [0.25, 0.3) is 0 Å². The number of aromatic nitrogens is 1. The summed E-state index contributed by atoms with van der Waals surface area (Å²) in [7, 11) is 0. The molecule has 104 valence electrons. The van der Waals surface area contributed by atoms with Gasteiger partial charge in [0.05, 0.1) is 10.7 Å². The molecule has 0 saturated heterocycles. The highest BCUT2D eigenvalue weighted by Gasteiger charge is 2.02. The van der Waals surface area contributed by atoms with Crippen LogP contribution in [0.5, 0.6) is 5.75 Å². The maximum absolute atomic E-state index is 8.63. The van der Waals surface area contributed by atoms with Gasteiger partial charge < -0.3 is 9.94 Å². The van der Waals surface area contributed by atoms with Gasteiger partial charge in [0.15, 0.2) is 0 Å². The van der Waals surface area contributed by atoms with Gasteiger partial charge in [-0.3, -0.25) is 4.98 Å². The molecule has 1 heterocycles. The van der Waals surface area contributed by atoms with E-state index < -0.39 is 0 Å². The molecular formula is C15H15ClN2O2. The van der Waals surface area contributed by atoms with Gasteiger partial charge in [0, 0.05) is 24.4 Å². The Bertz CT molecular complexity index is 597. The number of oxime groups is 1. The molecule has 0 saturated carbocycles. The highest BCUT2D eigenvalue weighted by Crippen LogP contribution is 2.18. The molecule has 0 atom stereocenters. The molecule has 2 aromatic rings. The van der Waals surface area contributed by atoms with E-state index in [0.29, 0.717) is 23.8 Å². The van der Waals surface area contributed by atoms with E-state index in [0.717, 1.165) is 16.9 Å².